The molecule has 8 nitrogen and oxygen atoms in total. The Morgan fingerprint density at radius 2 is 0.873 bits per heavy atom. The Balaban J connectivity index is 0.000000209. The minimum Gasteiger partial charge on any atom is -0.489 e. The van der Waals surface area contributed by atoms with Crippen LogP contribution in [0.15, 0.2) is 194 Å². The van der Waals surface area contributed by atoms with Crippen molar-refractivity contribution in [2.45, 2.75) is 45.5 Å². The van der Waals surface area contributed by atoms with Crippen LogP contribution in [0, 0.1) is 0 Å². The van der Waals surface area contributed by atoms with Crippen LogP contribution >= 0.6 is 0 Å². The van der Waals surface area contributed by atoms with Gasteiger partial charge in [-0.05, 0) is 108 Å². The molecule has 8 aromatic rings. The van der Waals surface area contributed by atoms with Crippen molar-refractivity contribution >= 4 is 34.6 Å². The van der Waals surface area contributed by atoms with E-state index in [9.17, 15) is 35.9 Å². The molecule has 0 saturated carbocycles. The lowest BCUT2D eigenvalue weighted by Gasteiger charge is -2.18. The Hall–Kier alpha value is -8.52. The molecule has 0 heterocycles. The zero-order valence-corrected chi connectivity index (χ0v) is 38.4. The molecule has 2 amide bonds. The standard InChI is InChI=1S/C30H27F3N2O2.C27H21F3N2O2/c1-20(2)34-28-18-24(37-19-21-8-4-3-5-9-21)16-17-27(28)35-29(36)26-11-7-6-10-25(26)22-12-14-23(15-13-22)30(31,32)33;28-27(29,30)20-12-10-19(11-13-20)22-8-4-5-9-23(22)26(33)32-25-15-14-21(16-24(25)31)34-17-18-6-2-1-3-7-18/h3-18,20,34H,19H2,1-2H3,(H,35,36);1-16H,17,31H2,(H,32,33). The quantitative estimate of drug-likeness (QED) is 0.0637. The summed E-state index contributed by atoms with van der Waals surface area (Å²) in [5, 5.41) is 9.05. The van der Waals surface area contributed by atoms with Crippen molar-refractivity contribution in [2.24, 2.45) is 0 Å². The summed E-state index contributed by atoms with van der Waals surface area (Å²) in [6.45, 7) is 4.77. The number of nitrogens with one attached hydrogen (secondary N) is 3. The summed E-state index contributed by atoms with van der Waals surface area (Å²) in [6, 6.07) is 52.9. The molecule has 0 spiro atoms. The van der Waals surface area contributed by atoms with Gasteiger partial charge in [-0.25, -0.2) is 0 Å². The molecule has 362 valence electrons. The van der Waals surface area contributed by atoms with Crippen molar-refractivity contribution in [1.82, 2.24) is 0 Å². The summed E-state index contributed by atoms with van der Waals surface area (Å²) >= 11 is 0. The molecule has 0 saturated heterocycles. The molecule has 0 radical (unpaired) electrons. The number of nitrogen functional groups attached to an aromatic ring is 1. The number of hydrogen-bond acceptors (Lipinski definition) is 6. The maximum atomic E-state index is 13.3. The van der Waals surface area contributed by atoms with Gasteiger partial charge in [0.1, 0.15) is 24.7 Å². The van der Waals surface area contributed by atoms with Gasteiger partial charge in [-0.1, -0.05) is 121 Å². The average molecular weight is 967 g/mol. The highest BCUT2D eigenvalue weighted by Gasteiger charge is 2.31. The first-order valence-electron chi connectivity index (χ1n) is 22.3. The summed E-state index contributed by atoms with van der Waals surface area (Å²) in [7, 11) is 0. The van der Waals surface area contributed by atoms with Crippen LogP contribution in [0.1, 0.15) is 56.8 Å². The molecule has 0 aromatic heterocycles. The van der Waals surface area contributed by atoms with Crippen LogP contribution < -0.4 is 31.2 Å². The minimum absolute atomic E-state index is 0.0967. The second-order valence-corrected chi connectivity index (χ2v) is 16.5. The number of rotatable bonds is 14. The zero-order valence-electron chi connectivity index (χ0n) is 38.4. The molecular weight excluding hydrogens is 919 g/mol. The molecule has 8 aromatic carbocycles. The van der Waals surface area contributed by atoms with E-state index in [1.807, 2.05) is 80.6 Å². The monoisotopic (exact) mass is 966 g/mol. The van der Waals surface area contributed by atoms with Gasteiger partial charge in [-0.15, -0.1) is 0 Å². The number of amides is 2. The van der Waals surface area contributed by atoms with Crippen LogP contribution in [0.2, 0.25) is 0 Å². The number of hydrogen-bond donors (Lipinski definition) is 4. The molecule has 0 aliphatic rings. The van der Waals surface area contributed by atoms with Gasteiger partial charge in [0.15, 0.2) is 0 Å². The highest BCUT2D eigenvalue weighted by Crippen LogP contribution is 2.35. The van der Waals surface area contributed by atoms with Crippen LogP contribution in [-0.4, -0.2) is 17.9 Å². The van der Waals surface area contributed by atoms with E-state index in [2.05, 4.69) is 16.0 Å². The van der Waals surface area contributed by atoms with Crippen molar-refractivity contribution < 1.29 is 45.4 Å². The van der Waals surface area contributed by atoms with Gasteiger partial charge in [0.2, 0.25) is 0 Å². The third-order valence-electron chi connectivity index (χ3n) is 10.8. The minimum atomic E-state index is -4.43. The topological polar surface area (TPSA) is 115 Å². The maximum absolute atomic E-state index is 13.3. The van der Waals surface area contributed by atoms with Gasteiger partial charge in [0.25, 0.3) is 11.8 Å². The predicted molar refractivity (Wildman–Crippen MR) is 267 cm³/mol. The highest BCUT2D eigenvalue weighted by atomic mass is 19.4. The van der Waals surface area contributed by atoms with Crippen LogP contribution in [0.25, 0.3) is 22.3 Å². The lowest BCUT2D eigenvalue weighted by molar-refractivity contribution is -0.138. The molecule has 14 heteroatoms. The third kappa shape index (κ3) is 13.8. The molecule has 5 N–H and O–H groups in total. The smallest absolute Gasteiger partial charge is 0.416 e. The number of halogens is 6. The second-order valence-electron chi connectivity index (χ2n) is 16.5. The first kappa shape index (κ1) is 50.4. The molecule has 71 heavy (non-hydrogen) atoms. The third-order valence-corrected chi connectivity index (χ3v) is 10.8. The van der Waals surface area contributed by atoms with Crippen molar-refractivity contribution in [1.29, 1.82) is 0 Å². The number of anilines is 4. The lowest BCUT2D eigenvalue weighted by Crippen LogP contribution is -2.17. The van der Waals surface area contributed by atoms with E-state index in [0.29, 0.717) is 80.8 Å². The van der Waals surface area contributed by atoms with Gasteiger partial charge in [-0.2, -0.15) is 26.3 Å². The number of benzene rings is 8. The fourth-order valence-electron chi connectivity index (χ4n) is 7.30. The Kier molecular flexibility index (Phi) is 16.1. The molecule has 0 bridgehead atoms. The molecule has 0 aliphatic carbocycles. The van der Waals surface area contributed by atoms with E-state index >= 15 is 0 Å². The van der Waals surface area contributed by atoms with Crippen LogP contribution in [0.3, 0.4) is 0 Å². The summed E-state index contributed by atoms with van der Waals surface area (Å²) < 4.78 is 89.3. The van der Waals surface area contributed by atoms with Gasteiger partial charge < -0.3 is 31.2 Å². The second kappa shape index (κ2) is 22.7. The fraction of sp³-hybridized carbons (Fsp3) is 0.123. The Bertz CT molecular complexity index is 3060. The van der Waals surface area contributed by atoms with E-state index in [1.165, 1.54) is 24.3 Å². The number of nitrogens with two attached hydrogens (primary N) is 1. The Labute approximate surface area is 407 Å². The van der Waals surface area contributed by atoms with E-state index < -0.39 is 29.4 Å². The lowest BCUT2D eigenvalue weighted by atomic mass is 9.98. The average Bonchev–Trinajstić information content (AvgIpc) is 3.36. The number of alkyl halides is 6. The first-order valence-corrected chi connectivity index (χ1v) is 22.3. The van der Waals surface area contributed by atoms with E-state index in [4.69, 9.17) is 15.2 Å². The Morgan fingerprint density at radius 1 is 0.479 bits per heavy atom. The van der Waals surface area contributed by atoms with E-state index in [1.54, 1.807) is 78.9 Å². The zero-order chi connectivity index (χ0) is 50.5. The first-order chi connectivity index (χ1) is 34.0. The van der Waals surface area contributed by atoms with Gasteiger partial charge in [-0.3, -0.25) is 9.59 Å². The number of ether oxygens (including phenoxy) is 2. The highest BCUT2D eigenvalue weighted by molar-refractivity contribution is 6.11. The van der Waals surface area contributed by atoms with E-state index in [0.717, 1.165) is 35.4 Å². The molecular formula is C57H48F6N4O4. The summed E-state index contributed by atoms with van der Waals surface area (Å²) in [4.78, 5) is 26.3. The largest absolute Gasteiger partial charge is 0.489 e. The van der Waals surface area contributed by atoms with Gasteiger partial charge >= 0.3 is 12.4 Å². The maximum Gasteiger partial charge on any atom is 0.416 e. The number of carbonyl (C=O) groups excluding carboxylic acids is 2. The van der Waals surface area contributed by atoms with Crippen molar-refractivity contribution in [2.75, 3.05) is 21.7 Å². The van der Waals surface area contributed by atoms with Crippen LogP contribution in [-0.2, 0) is 25.6 Å². The molecule has 0 fully saturated rings. The molecule has 0 atom stereocenters. The molecule has 0 unspecified atom stereocenters. The number of carbonyl (C=O) groups is 2. The summed E-state index contributed by atoms with van der Waals surface area (Å²) in [5.74, 6) is 0.403. The summed E-state index contributed by atoms with van der Waals surface area (Å²) in [6.07, 6.45) is -8.85. The van der Waals surface area contributed by atoms with Crippen molar-refractivity contribution in [3.8, 4) is 33.8 Å². The van der Waals surface area contributed by atoms with E-state index in [-0.39, 0.29) is 11.9 Å². The summed E-state index contributed by atoms with van der Waals surface area (Å²) in [5.41, 5.74) is 11.4. The van der Waals surface area contributed by atoms with Crippen molar-refractivity contribution in [3.05, 3.63) is 228 Å². The molecule has 8 rings (SSSR count). The SMILES string of the molecule is CC(C)Nc1cc(OCc2ccccc2)ccc1NC(=O)c1ccccc1-c1ccc(C(F)(F)F)cc1.Nc1cc(OCc2ccccc2)ccc1NC(=O)c1ccccc1-c1ccc(C(F)(F)F)cc1. The van der Waals surface area contributed by atoms with Crippen molar-refractivity contribution in [3.63, 3.8) is 0 Å². The molecule has 0 aliphatic heterocycles. The van der Waals surface area contributed by atoms with Gasteiger partial charge in [0, 0.05) is 29.3 Å². The van der Waals surface area contributed by atoms with Crippen LogP contribution in [0.5, 0.6) is 11.5 Å². The Morgan fingerprint density at radius 3 is 1.30 bits per heavy atom. The van der Waals surface area contributed by atoms with Gasteiger partial charge in [0.05, 0.1) is 33.9 Å². The predicted octanol–water partition coefficient (Wildman–Crippen LogP) is 14.8. The van der Waals surface area contributed by atoms with Crippen LogP contribution in [0.4, 0.5) is 49.1 Å². The normalized spacial score (nSPS) is 11.2. The fourth-order valence-corrected chi connectivity index (χ4v) is 7.30.